The number of carbonyl (C=O) groups is 2. The summed E-state index contributed by atoms with van der Waals surface area (Å²) in [7, 11) is 0. The molecule has 4 N–H and O–H groups in total. The van der Waals surface area contributed by atoms with Crippen LogP contribution in [0.3, 0.4) is 0 Å². The number of hydrogen-bond acceptors (Lipinski definition) is 17. The molecule has 0 fully saturated rings. The summed E-state index contributed by atoms with van der Waals surface area (Å²) in [5.74, 6) is 0.609. The monoisotopic (exact) mass is 748 g/mol. The third kappa shape index (κ3) is 12.9. The molecule has 0 spiro atoms. The van der Waals surface area contributed by atoms with Crippen LogP contribution in [-0.2, 0) is 55.0 Å². The van der Waals surface area contributed by atoms with E-state index in [2.05, 4.69) is 37.0 Å². The van der Waals surface area contributed by atoms with E-state index in [9.17, 15) is 9.59 Å². The number of nitrogens with zero attached hydrogens (tertiary/aromatic N) is 8. The summed E-state index contributed by atoms with van der Waals surface area (Å²) >= 11 is 6.53. The molecule has 282 valence electrons. The number of imidazole rings is 1. The topological polar surface area (TPSA) is 229 Å². The molecule has 2 heterocycles. The normalized spacial score (nSPS) is 11.4. The van der Waals surface area contributed by atoms with E-state index in [1.165, 1.54) is 0 Å². The molecule has 52 heavy (non-hydrogen) atoms. The van der Waals surface area contributed by atoms with Crippen LogP contribution in [0.1, 0.15) is 62.5 Å². The smallest absolute Gasteiger partial charge is 0.459 e. The molecule has 4 rings (SSSR count). The molecule has 0 radical (unpaired) electrons. The first kappa shape index (κ1) is 40.2. The molecule has 0 saturated heterocycles. The molecule has 0 unspecified atom stereocenters. The van der Waals surface area contributed by atoms with Crippen LogP contribution < -0.4 is 0 Å². The maximum Gasteiger partial charge on any atom is 0.510 e. The molecule has 2 aromatic heterocycles. The molecule has 0 amide bonds. The minimum Gasteiger partial charge on any atom is -0.459 e. The molecule has 0 aliphatic heterocycles. The fourth-order valence-corrected chi connectivity index (χ4v) is 5.16. The Bertz CT molecular complexity index is 1700. The minimum atomic E-state index is -0.920. The third-order valence-corrected chi connectivity index (χ3v) is 7.75. The van der Waals surface area contributed by atoms with Gasteiger partial charge in [0.1, 0.15) is 12.4 Å². The highest BCUT2D eigenvalue weighted by molar-refractivity contribution is 6.30. The van der Waals surface area contributed by atoms with E-state index in [-0.39, 0.29) is 56.5 Å². The highest BCUT2D eigenvalue weighted by Crippen LogP contribution is 2.30. The summed E-state index contributed by atoms with van der Waals surface area (Å²) in [6.07, 6.45) is 2.70. The van der Waals surface area contributed by atoms with E-state index in [4.69, 9.17) is 46.6 Å². The van der Waals surface area contributed by atoms with Gasteiger partial charge in [-0.05, 0) is 47.6 Å². The van der Waals surface area contributed by atoms with Crippen LogP contribution in [-0.4, -0.2) is 93.3 Å². The number of unbranched alkanes of at least 4 members (excludes halogenated alkanes) is 2. The molecule has 0 aliphatic carbocycles. The number of tetrazole rings is 1. The lowest BCUT2D eigenvalue weighted by Gasteiger charge is -2.14. The molecule has 0 bridgehead atoms. The molecular formula is C32H41ClN8O11. The summed E-state index contributed by atoms with van der Waals surface area (Å²) in [5.41, 5.74) is 3.98. The van der Waals surface area contributed by atoms with Gasteiger partial charge in [-0.2, -0.15) is 0 Å². The van der Waals surface area contributed by atoms with Gasteiger partial charge in [-0.1, -0.05) is 73.5 Å². The Morgan fingerprint density at radius 2 is 1.54 bits per heavy atom. The van der Waals surface area contributed by atoms with Crippen LogP contribution in [0, 0.1) is 0 Å². The fraction of sp³-hybridized carbons (Fsp3) is 0.438. The van der Waals surface area contributed by atoms with Crippen molar-refractivity contribution in [1.29, 1.82) is 0 Å². The number of halogens is 1. The van der Waals surface area contributed by atoms with Gasteiger partial charge in [-0.25, -0.2) is 9.78 Å². The summed E-state index contributed by atoms with van der Waals surface area (Å²) in [5, 5.41) is 46.2. The number of carbonyl (C=O) groups excluding carboxylic acids is 2. The molecule has 20 heteroatoms. The molecule has 0 atom stereocenters. The van der Waals surface area contributed by atoms with Crippen LogP contribution >= 0.6 is 11.6 Å². The van der Waals surface area contributed by atoms with Crippen molar-refractivity contribution in [3.8, 4) is 22.5 Å². The van der Waals surface area contributed by atoms with Gasteiger partial charge in [0.25, 0.3) is 0 Å². The first-order valence-electron chi connectivity index (χ1n) is 16.4. The number of benzene rings is 2. The van der Waals surface area contributed by atoms with Gasteiger partial charge in [0.05, 0.1) is 36.3 Å². The first-order valence-corrected chi connectivity index (χ1v) is 16.8. The summed E-state index contributed by atoms with van der Waals surface area (Å²) in [6.45, 7) is 2.12. The van der Waals surface area contributed by atoms with Crippen molar-refractivity contribution >= 4 is 23.7 Å². The quantitative estimate of drug-likeness (QED) is 0.0471. The largest absolute Gasteiger partial charge is 0.510 e. The molecule has 4 aromatic rings. The van der Waals surface area contributed by atoms with Gasteiger partial charge in [0, 0.05) is 24.9 Å². The van der Waals surface area contributed by atoms with Crippen LogP contribution in [0.5, 0.6) is 0 Å². The zero-order valence-electron chi connectivity index (χ0n) is 28.4. The standard InChI is InChI=1S/C32H41ClN8O11/c1-2-3-11-28-34-30(33)27(21-49-29(42)12-8-19-52-41(46)47)38(28)20-23-13-15-24(16-14-23)25-9-4-5-10-26(25)31-35-37-39(36-31)22-50-32(43)48-17-6-7-18-51-40(44)45/h4-5,9-10,13-16,44-47H,2-3,6-8,11-12,17-22H2,1H3. The van der Waals surface area contributed by atoms with Crippen molar-refractivity contribution in [2.75, 3.05) is 19.8 Å². The van der Waals surface area contributed by atoms with Gasteiger partial charge in [-0.15, -0.1) is 15.0 Å². The van der Waals surface area contributed by atoms with Crippen LogP contribution in [0.15, 0.2) is 48.5 Å². The van der Waals surface area contributed by atoms with Crippen LogP contribution in [0.25, 0.3) is 22.5 Å². The van der Waals surface area contributed by atoms with Crippen LogP contribution in [0.4, 0.5) is 4.79 Å². The molecule has 2 aromatic carbocycles. The van der Waals surface area contributed by atoms with Gasteiger partial charge in [0.15, 0.2) is 5.15 Å². The Hall–Kier alpha value is -4.57. The first-order chi connectivity index (χ1) is 25.1. The average Bonchev–Trinajstić information content (AvgIpc) is 3.72. The van der Waals surface area contributed by atoms with E-state index in [1.807, 2.05) is 53.1 Å². The van der Waals surface area contributed by atoms with Crippen LogP contribution in [0.2, 0.25) is 5.15 Å². The van der Waals surface area contributed by atoms with Crippen molar-refractivity contribution in [2.45, 2.75) is 71.8 Å². The zero-order chi connectivity index (χ0) is 37.3. The summed E-state index contributed by atoms with van der Waals surface area (Å²) < 4.78 is 17.4. The van der Waals surface area contributed by atoms with Gasteiger partial charge >= 0.3 is 12.1 Å². The highest BCUT2D eigenvalue weighted by Gasteiger charge is 2.19. The number of rotatable bonds is 22. The van der Waals surface area contributed by atoms with Crippen molar-refractivity contribution in [3.05, 3.63) is 70.8 Å². The second-order valence-electron chi connectivity index (χ2n) is 11.2. The van der Waals surface area contributed by atoms with Gasteiger partial charge in [0.2, 0.25) is 12.6 Å². The molecule has 19 nitrogen and oxygen atoms in total. The zero-order valence-corrected chi connectivity index (χ0v) is 29.2. The van der Waals surface area contributed by atoms with E-state index in [0.29, 0.717) is 42.9 Å². The van der Waals surface area contributed by atoms with Crippen molar-refractivity contribution in [2.24, 2.45) is 0 Å². The van der Waals surface area contributed by atoms with E-state index < -0.39 is 17.5 Å². The van der Waals surface area contributed by atoms with E-state index in [1.54, 1.807) is 0 Å². The maximum atomic E-state index is 12.3. The summed E-state index contributed by atoms with van der Waals surface area (Å²) in [6, 6.07) is 15.4. The lowest BCUT2D eigenvalue weighted by molar-refractivity contribution is -0.492. The Kier molecular flexibility index (Phi) is 16.3. The van der Waals surface area contributed by atoms with E-state index in [0.717, 1.165) is 40.2 Å². The number of aryl methyl sites for hydroxylation is 1. The lowest BCUT2D eigenvalue weighted by Crippen LogP contribution is -2.16. The van der Waals surface area contributed by atoms with Crippen molar-refractivity contribution < 1.29 is 54.3 Å². The summed E-state index contributed by atoms with van der Waals surface area (Å²) in [4.78, 5) is 38.8. The molecule has 0 aliphatic rings. The molecular weight excluding hydrogens is 708 g/mol. The second-order valence-corrected chi connectivity index (χ2v) is 11.6. The Morgan fingerprint density at radius 1 is 0.846 bits per heavy atom. The predicted octanol–water partition coefficient (Wildman–Crippen LogP) is 4.99. The van der Waals surface area contributed by atoms with E-state index >= 15 is 0 Å². The van der Waals surface area contributed by atoms with Gasteiger partial charge < -0.3 is 18.8 Å². The Morgan fingerprint density at radius 3 is 2.25 bits per heavy atom. The highest BCUT2D eigenvalue weighted by atomic mass is 35.5. The number of esters is 1. The minimum absolute atomic E-state index is 0.0110. The number of aromatic nitrogens is 6. The Balaban J connectivity index is 1.38. The SMILES string of the molecule is CCCCc1nc(Cl)c(COC(=O)CCCON(O)O)n1Cc1ccc(-c2ccccc2-c2nnn(COC(=O)OCCCCON(O)O)n2)cc1. The third-order valence-electron chi connectivity index (χ3n) is 7.45. The number of ether oxygens (including phenoxy) is 3. The van der Waals surface area contributed by atoms with Gasteiger partial charge in [-0.3, -0.25) is 35.3 Å². The average molecular weight is 749 g/mol. The lowest BCUT2D eigenvalue weighted by atomic mass is 9.98. The predicted molar refractivity (Wildman–Crippen MR) is 177 cm³/mol. The second kappa shape index (κ2) is 21.1. The van der Waals surface area contributed by atoms with Crippen molar-refractivity contribution in [1.82, 2.24) is 40.5 Å². The fourth-order valence-electron chi connectivity index (χ4n) is 4.90. The molecule has 0 saturated carbocycles. The number of hydrogen-bond donors (Lipinski definition) is 4. The van der Waals surface area contributed by atoms with Crippen molar-refractivity contribution in [3.63, 3.8) is 0 Å². The Labute approximate surface area is 303 Å². The maximum absolute atomic E-state index is 12.3.